The topological polar surface area (TPSA) is 97.6 Å². The molecular formula is C21H25FO7S. The number of ether oxygens (including phenoxy) is 4. The molecule has 0 aliphatic carbocycles. The Labute approximate surface area is 178 Å². The molecule has 9 heteroatoms. The molecule has 3 rings (SSSR count). The molecule has 3 N–H and O–H groups in total. The SMILES string of the molecule is COc1ccc(COC(O)[C@H]2SC(O)[C@@H](F)[C@@]2(O)OCc2ccc(OC)cc2)cc1. The quantitative estimate of drug-likeness (QED) is 0.511. The lowest BCUT2D eigenvalue weighted by Crippen LogP contribution is -2.52. The number of aliphatic hydroxyl groups excluding tert-OH is 2. The molecule has 7 nitrogen and oxygen atoms in total. The molecule has 0 spiro atoms. The Balaban J connectivity index is 1.64. The summed E-state index contributed by atoms with van der Waals surface area (Å²) in [5.74, 6) is -1.10. The molecule has 0 bridgehead atoms. The van der Waals surface area contributed by atoms with Gasteiger partial charge in [0.15, 0.2) is 12.5 Å². The zero-order chi connectivity index (χ0) is 21.7. The van der Waals surface area contributed by atoms with E-state index in [1.807, 2.05) is 0 Å². The Bertz CT molecular complexity index is 804. The number of thioether (sulfide) groups is 1. The first-order valence-electron chi connectivity index (χ1n) is 9.27. The molecule has 0 saturated carbocycles. The maximum atomic E-state index is 14.6. The Kier molecular flexibility index (Phi) is 7.56. The van der Waals surface area contributed by atoms with E-state index in [2.05, 4.69) is 0 Å². The summed E-state index contributed by atoms with van der Waals surface area (Å²) >= 11 is 0.662. The van der Waals surface area contributed by atoms with E-state index in [4.69, 9.17) is 18.9 Å². The van der Waals surface area contributed by atoms with E-state index in [9.17, 15) is 19.7 Å². The standard InChI is InChI=1S/C21H25FO7S/c1-26-15-7-3-13(4-8-15)11-28-19(23)18-21(25,17(22)20(24)30-18)29-12-14-5-9-16(27-2)10-6-14/h3-10,17-20,23-25H,11-12H2,1-2H3/t17-,18-,19?,20?,21-/m1/s1. The third-order valence-corrected chi connectivity index (χ3v) is 6.19. The van der Waals surface area contributed by atoms with Crippen LogP contribution < -0.4 is 9.47 Å². The van der Waals surface area contributed by atoms with E-state index in [-0.39, 0.29) is 13.2 Å². The van der Waals surface area contributed by atoms with Gasteiger partial charge in [-0.25, -0.2) is 4.39 Å². The van der Waals surface area contributed by atoms with Crippen LogP contribution in [0.15, 0.2) is 48.5 Å². The second kappa shape index (κ2) is 9.95. The molecule has 1 heterocycles. The molecule has 5 atom stereocenters. The van der Waals surface area contributed by atoms with Crippen LogP contribution >= 0.6 is 11.8 Å². The van der Waals surface area contributed by atoms with E-state index in [0.717, 1.165) is 5.56 Å². The molecule has 2 aromatic rings. The average molecular weight is 440 g/mol. The molecular weight excluding hydrogens is 415 g/mol. The van der Waals surface area contributed by atoms with Crippen LogP contribution in [-0.2, 0) is 22.7 Å². The van der Waals surface area contributed by atoms with Crippen LogP contribution in [0.1, 0.15) is 11.1 Å². The summed E-state index contributed by atoms with van der Waals surface area (Å²) in [6, 6.07) is 13.8. The van der Waals surface area contributed by atoms with Crippen LogP contribution in [0.4, 0.5) is 4.39 Å². The molecule has 0 amide bonds. The van der Waals surface area contributed by atoms with E-state index < -0.39 is 28.9 Å². The Hall–Kier alpha value is -1.88. The van der Waals surface area contributed by atoms with Crippen molar-refractivity contribution in [2.75, 3.05) is 14.2 Å². The first-order chi connectivity index (χ1) is 14.4. The molecule has 0 radical (unpaired) electrons. The molecule has 164 valence electrons. The lowest BCUT2D eigenvalue weighted by atomic mass is 10.1. The summed E-state index contributed by atoms with van der Waals surface area (Å²) in [6.07, 6.45) is -3.70. The van der Waals surface area contributed by atoms with Crippen LogP contribution in [0.2, 0.25) is 0 Å². The van der Waals surface area contributed by atoms with Crippen molar-refractivity contribution >= 4 is 11.8 Å². The number of alkyl halides is 1. The van der Waals surface area contributed by atoms with Crippen LogP contribution in [-0.4, -0.2) is 58.5 Å². The summed E-state index contributed by atoms with van der Waals surface area (Å²) in [5, 5.41) is 29.9. The van der Waals surface area contributed by atoms with Gasteiger partial charge in [-0.1, -0.05) is 24.3 Å². The van der Waals surface area contributed by atoms with Gasteiger partial charge >= 0.3 is 0 Å². The Morgan fingerprint density at radius 2 is 1.47 bits per heavy atom. The minimum absolute atomic E-state index is 0.0177. The first-order valence-corrected chi connectivity index (χ1v) is 10.2. The number of halogens is 1. The van der Waals surface area contributed by atoms with Gasteiger partial charge in [-0.3, -0.25) is 0 Å². The van der Waals surface area contributed by atoms with E-state index in [1.54, 1.807) is 55.6 Å². The number of hydrogen-bond acceptors (Lipinski definition) is 8. The summed E-state index contributed by atoms with van der Waals surface area (Å²) in [4.78, 5) is 0. The second-order valence-corrected chi connectivity index (χ2v) is 8.05. The number of methoxy groups -OCH3 is 2. The number of aliphatic hydroxyl groups is 3. The lowest BCUT2D eigenvalue weighted by Gasteiger charge is -2.33. The minimum Gasteiger partial charge on any atom is -0.497 e. The molecule has 0 aromatic heterocycles. The molecule has 30 heavy (non-hydrogen) atoms. The van der Waals surface area contributed by atoms with Gasteiger partial charge in [0.05, 0.1) is 27.4 Å². The average Bonchev–Trinajstić information content (AvgIpc) is 3.01. The van der Waals surface area contributed by atoms with Crippen LogP contribution in [0, 0.1) is 0 Å². The zero-order valence-corrected chi connectivity index (χ0v) is 17.4. The van der Waals surface area contributed by atoms with Gasteiger partial charge in [-0.2, -0.15) is 0 Å². The van der Waals surface area contributed by atoms with Gasteiger partial charge < -0.3 is 34.3 Å². The molecule has 1 aliphatic heterocycles. The second-order valence-electron chi connectivity index (χ2n) is 6.79. The van der Waals surface area contributed by atoms with Crippen molar-refractivity contribution in [3.8, 4) is 11.5 Å². The molecule has 2 aromatic carbocycles. The Morgan fingerprint density at radius 3 is 1.97 bits per heavy atom. The summed E-state index contributed by atoms with van der Waals surface area (Å²) in [7, 11) is 3.09. The van der Waals surface area contributed by atoms with Crippen LogP contribution in [0.5, 0.6) is 11.5 Å². The van der Waals surface area contributed by atoms with Crippen molar-refractivity contribution in [1.29, 1.82) is 0 Å². The zero-order valence-electron chi connectivity index (χ0n) is 16.6. The van der Waals surface area contributed by atoms with E-state index in [1.165, 1.54) is 7.11 Å². The maximum absolute atomic E-state index is 14.6. The molecule has 1 saturated heterocycles. The maximum Gasteiger partial charge on any atom is 0.218 e. The molecule has 1 aliphatic rings. The van der Waals surface area contributed by atoms with Gasteiger partial charge in [0.1, 0.15) is 22.2 Å². The molecule has 1 fully saturated rings. The monoisotopic (exact) mass is 440 g/mol. The summed E-state index contributed by atoms with van der Waals surface area (Å²) in [5.41, 5.74) is -0.150. The lowest BCUT2D eigenvalue weighted by molar-refractivity contribution is -0.273. The fourth-order valence-electron chi connectivity index (χ4n) is 3.02. The largest absolute Gasteiger partial charge is 0.497 e. The van der Waals surface area contributed by atoms with Gasteiger partial charge in [0.25, 0.3) is 0 Å². The van der Waals surface area contributed by atoms with Gasteiger partial charge in [-0.15, -0.1) is 11.8 Å². The van der Waals surface area contributed by atoms with E-state index >= 15 is 0 Å². The van der Waals surface area contributed by atoms with Crippen molar-refractivity contribution in [2.24, 2.45) is 0 Å². The normalized spacial score (nSPS) is 27.1. The van der Waals surface area contributed by atoms with Crippen molar-refractivity contribution < 1.29 is 38.7 Å². The third kappa shape index (κ3) is 5.05. The number of rotatable bonds is 9. The fourth-order valence-corrected chi connectivity index (χ4v) is 4.26. The van der Waals surface area contributed by atoms with Gasteiger partial charge in [0, 0.05) is 0 Å². The van der Waals surface area contributed by atoms with Crippen molar-refractivity contribution in [1.82, 2.24) is 0 Å². The Morgan fingerprint density at radius 1 is 0.967 bits per heavy atom. The number of benzene rings is 2. The minimum atomic E-state index is -2.43. The van der Waals surface area contributed by atoms with Crippen LogP contribution in [0.3, 0.4) is 0 Å². The predicted molar refractivity (Wildman–Crippen MR) is 109 cm³/mol. The highest BCUT2D eigenvalue weighted by Gasteiger charge is 2.60. The van der Waals surface area contributed by atoms with Crippen molar-refractivity contribution in [3.05, 3.63) is 59.7 Å². The highest BCUT2D eigenvalue weighted by atomic mass is 32.2. The predicted octanol–water partition coefficient (Wildman–Crippen LogP) is 2.22. The molecule has 2 unspecified atom stereocenters. The van der Waals surface area contributed by atoms with Crippen molar-refractivity contribution in [2.45, 2.75) is 42.1 Å². The smallest absolute Gasteiger partial charge is 0.218 e. The van der Waals surface area contributed by atoms with Gasteiger partial charge in [0.2, 0.25) is 5.79 Å². The fraction of sp³-hybridized carbons (Fsp3) is 0.429. The van der Waals surface area contributed by atoms with Crippen LogP contribution in [0.25, 0.3) is 0 Å². The highest BCUT2D eigenvalue weighted by Crippen LogP contribution is 2.45. The van der Waals surface area contributed by atoms with Crippen molar-refractivity contribution in [3.63, 3.8) is 0 Å². The van der Waals surface area contributed by atoms with E-state index in [0.29, 0.717) is 28.8 Å². The highest BCUT2D eigenvalue weighted by molar-refractivity contribution is 8.00. The number of hydrogen-bond donors (Lipinski definition) is 3. The van der Waals surface area contributed by atoms with Gasteiger partial charge in [-0.05, 0) is 35.4 Å². The summed E-state index contributed by atoms with van der Waals surface area (Å²) < 4.78 is 35.6. The third-order valence-electron chi connectivity index (χ3n) is 4.81. The first kappa shape index (κ1) is 22.8. The summed E-state index contributed by atoms with van der Waals surface area (Å²) in [6.45, 7) is -0.111.